The van der Waals surface area contributed by atoms with Crippen LogP contribution in [-0.4, -0.2) is 54.8 Å². The summed E-state index contributed by atoms with van der Waals surface area (Å²) in [5.41, 5.74) is 9.28. The van der Waals surface area contributed by atoms with Gasteiger partial charge in [0.2, 0.25) is 0 Å². The lowest BCUT2D eigenvalue weighted by Gasteiger charge is -2.36. The molecule has 184 valence electrons. The summed E-state index contributed by atoms with van der Waals surface area (Å²) in [5, 5.41) is 24.8. The Morgan fingerprint density at radius 1 is 1.28 bits per heavy atom. The van der Waals surface area contributed by atoms with E-state index >= 15 is 0 Å². The molecule has 0 aromatic carbocycles. The van der Waals surface area contributed by atoms with Crippen molar-refractivity contribution in [2.75, 3.05) is 11.9 Å². The molecule has 0 saturated heterocycles. The normalized spacial score (nSPS) is 17.1. The van der Waals surface area contributed by atoms with Gasteiger partial charge in [-0.3, -0.25) is 4.98 Å². The van der Waals surface area contributed by atoms with Crippen molar-refractivity contribution in [3.05, 3.63) is 48.4 Å². The van der Waals surface area contributed by atoms with Gasteiger partial charge in [-0.2, -0.15) is 10.4 Å². The molecule has 11 nitrogen and oxygen atoms in total. The lowest BCUT2D eigenvalue weighted by Crippen LogP contribution is -2.38. The fraction of sp³-hybridized carbons (Fsp3) is 0.304. The number of pyridine rings is 1. The first-order chi connectivity index (χ1) is 17.4. The Hall–Kier alpha value is -4.60. The van der Waals surface area contributed by atoms with Crippen molar-refractivity contribution in [1.29, 1.82) is 5.26 Å². The van der Waals surface area contributed by atoms with Crippen LogP contribution in [0.1, 0.15) is 18.4 Å². The summed E-state index contributed by atoms with van der Waals surface area (Å²) in [4.78, 5) is 15.4. The summed E-state index contributed by atoms with van der Waals surface area (Å²) >= 11 is 0. The second kappa shape index (κ2) is 9.57. The largest absolute Gasteiger partial charge is 0.449 e. The van der Waals surface area contributed by atoms with Crippen LogP contribution >= 0.6 is 0 Å². The van der Waals surface area contributed by atoms with Gasteiger partial charge in [-0.15, -0.1) is 5.10 Å². The maximum absolute atomic E-state index is 12.8. The lowest BCUT2D eigenvalue weighted by molar-refractivity contribution is 0.106. The average molecular weight is 493 g/mol. The Kier molecular flexibility index (Phi) is 6.16. The van der Waals surface area contributed by atoms with Crippen LogP contribution in [0, 0.1) is 17.2 Å². The summed E-state index contributed by atoms with van der Waals surface area (Å²) in [6, 6.07) is 9.44. The minimum Gasteiger partial charge on any atom is -0.449 e. The highest BCUT2D eigenvalue weighted by Crippen LogP contribution is 2.35. The van der Waals surface area contributed by atoms with Crippen molar-refractivity contribution in [2.24, 2.45) is 11.7 Å². The standard InChI is InChI=1S/C23H21F2N9O2/c24-22(25)11-33-10-20(31-32-33)17-9-28-19(21-2-1-16-5-14(7-26)8-29-34(16)21)6-18(17)30-15-3-13(4-15)12-36-23(27)35/h1-2,5-6,8-10,13,15,22H,3-4,11-12H2,(H2,27,35)(H,28,30)/t13-,15-. The number of hydrogen-bond donors (Lipinski definition) is 2. The number of nitriles is 1. The van der Waals surface area contributed by atoms with Crippen LogP contribution in [0.4, 0.5) is 19.3 Å². The molecular formula is C23H21F2N9O2. The van der Waals surface area contributed by atoms with E-state index in [4.69, 9.17) is 15.7 Å². The molecule has 13 heteroatoms. The number of aromatic nitrogens is 6. The van der Waals surface area contributed by atoms with Crippen LogP contribution in [0.3, 0.4) is 0 Å². The van der Waals surface area contributed by atoms with E-state index in [-0.39, 0.29) is 18.6 Å². The maximum atomic E-state index is 12.8. The number of rotatable bonds is 8. The number of halogens is 2. The van der Waals surface area contributed by atoms with Gasteiger partial charge in [0.05, 0.1) is 41.5 Å². The molecule has 1 amide bonds. The SMILES string of the molecule is N#Cc1cnn2c(-c3cc(N[C@H]4C[C@H](COC(N)=O)C4)c(-c4cn(CC(F)F)nn4)cn3)ccc2c1. The molecule has 1 aliphatic carbocycles. The van der Waals surface area contributed by atoms with E-state index in [9.17, 15) is 13.6 Å². The molecular weight excluding hydrogens is 472 g/mol. The van der Waals surface area contributed by atoms with E-state index in [1.807, 2.05) is 18.2 Å². The Bertz CT molecular complexity index is 1450. The van der Waals surface area contributed by atoms with Crippen molar-refractivity contribution in [1.82, 2.24) is 29.6 Å². The molecule has 0 atom stereocenters. The third-order valence-electron chi connectivity index (χ3n) is 5.99. The van der Waals surface area contributed by atoms with E-state index in [0.29, 0.717) is 33.9 Å². The molecule has 3 N–H and O–H groups in total. The third-order valence-corrected chi connectivity index (χ3v) is 5.99. The zero-order valence-corrected chi connectivity index (χ0v) is 18.9. The lowest BCUT2D eigenvalue weighted by atomic mass is 9.80. The topological polar surface area (TPSA) is 149 Å². The molecule has 4 aromatic heterocycles. The van der Waals surface area contributed by atoms with Crippen molar-refractivity contribution in [3.8, 4) is 28.7 Å². The second-order valence-electron chi connectivity index (χ2n) is 8.55. The Labute approximate surface area is 203 Å². The van der Waals surface area contributed by atoms with Gasteiger partial charge in [-0.05, 0) is 43.0 Å². The minimum atomic E-state index is -2.55. The van der Waals surface area contributed by atoms with Gasteiger partial charge in [0.25, 0.3) is 6.43 Å². The van der Waals surface area contributed by atoms with Gasteiger partial charge in [-0.1, -0.05) is 5.21 Å². The van der Waals surface area contributed by atoms with Gasteiger partial charge in [0, 0.05) is 23.5 Å². The highest BCUT2D eigenvalue weighted by Gasteiger charge is 2.31. The molecule has 1 aliphatic rings. The van der Waals surface area contributed by atoms with Crippen molar-refractivity contribution in [2.45, 2.75) is 31.9 Å². The van der Waals surface area contributed by atoms with Crippen molar-refractivity contribution in [3.63, 3.8) is 0 Å². The molecule has 0 radical (unpaired) electrons. The molecule has 0 unspecified atom stereocenters. The predicted molar refractivity (Wildman–Crippen MR) is 124 cm³/mol. The molecule has 0 aliphatic heterocycles. The smallest absolute Gasteiger partial charge is 0.404 e. The number of amides is 1. The van der Waals surface area contributed by atoms with Crippen LogP contribution in [0.15, 0.2) is 42.9 Å². The molecule has 4 heterocycles. The number of anilines is 1. The minimum absolute atomic E-state index is 0.0944. The van der Waals surface area contributed by atoms with Gasteiger partial charge < -0.3 is 15.8 Å². The van der Waals surface area contributed by atoms with Gasteiger partial charge in [0.15, 0.2) is 0 Å². The highest BCUT2D eigenvalue weighted by molar-refractivity contribution is 5.79. The Morgan fingerprint density at radius 2 is 2.11 bits per heavy atom. The first kappa shape index (κ1) is 23.2. The number of carbonyl (C=O) groups excluding carboxylic acids is 1. The number of nitrogens with one attached hydrogen (secondary N) is 1. The Morgan fingerprint density at radius 3 is 2.86 bits per heavy atom. The fourth-order valence-corrected chi connectivity index (χ4v) is 4.24. The highest BCUT2D eigenvalue weighted by atomic mass is 19.3. The average Bonchev–Trinajstić information content (AvgIpc) is 3.46. The van der Waals surface area contributed by atoms with Crippen molar-refractivity contribution < 1.29 is 18.3 Å². The second-order valence-corrected chi connectivity index (χ2v) is 8.55. The third kappa shape index (κ3) is 4.78. The first-order valence-electron chi connectivity index (χ1n) is 11.2. The quantitative estimate of drug-likeness (QED) is 0.380. The molecule has 0 spiro atoms. The monoisotopic (exact) mass is 493 g/mol. The van der Waals surface area contributed by atoms with Crippen LogP contribution in [-0.2, 0) is 11.3 Å². The number of nitrogens with two attached hydrogens (primary N) is 1. The van der Waals surface area contributed by atoms with E-state index in [2.05, 4.69) is 31.8 Å². The van der Waals surface area contributed by atoms with Crippen LogP contribution in [0.25, 0.3) is 28.2 Å². The molecule has 5 rings (SSSR count). The van der Waals surface area contributed by atoms with E-state index in [1.54, 1.807) is 16.8 Å². The van der Waals surface area contributed by atoms with E-state index in [1.165, 1.54) is 12.4 Å². The number of alkyl halides is 2. The van der Waals surface area contributed by atoms with Crippen LogP contribution < -0.4 is 11.1 Å². The predicted octanol–water partition coefficient (Wildman–Crippen LogP) is 3.08. The summed E-state index contributed by atoms with van der Waals surface area (Å²) in [6.07, 6.45) is 2.72. The number of primary amides is 1. The summed E-state index contributed by atoms with van der Waals surface area (Å²) in [7, 11) is 0. The number of hydrogen-bond acceptors (Lipinski definition) is 8. The van der Waals surface area contributed by atoms with Gasteiger partial charge in [-0.25, -0.2) is 22.8 Å². The number of ether oxygens (including phenoxy) is 1. The summed E-state index contributed by atoms with van der Waals surface area (Å²) in [6.45, 7) is -0.297. The summed E-state index contributed by atoms with van der Waals surface area (Å²) in [5.74, 6) is 0.194. The Balaban J connectivity index is 1.45. The summed E-state index contributed by atoms with van der Waals surface area (Å²) < 4.78 is 33.3. The molecule has 1 saturated carbocycles. The van der Waals surface area contributed by atoms with Crippen LogP contribution in [0.5, 0.6) is 0 Å². The molecule has 0 bridgehead atoms. The zero-order chi connectivity index (χ0) is 25.2. The number of nitrogens with zero attached hydrogens (tertiary/aromatic N) is 7. The zero-order valence-electron chi connectivity index (χ0n) is 18.9. The maximum Gasteiger partial charge on any atom is 0.404 e. The van der Waals surface area contributed by atoms with Gasteiger partial charge >= 0.3 is 6.09 Å². The first-order valence-corrected chi connectivity index (χ1v) is 11.2. The van der Waals surface area contributed by atoms with Gasteiger partial charge in [0.1, 0.15) is 18.3 Å². The molecule has 36 heavy (non-hydrogen) atoms. The number of fused-ring (bicyclic) bond motifs is 1. The molecule has 4 aromatic rings. The molecule has 1 fully saturated rings. The van der Waals surface area contributed by atoms with Crippen molar-refractivity contribution >= 4 is 17.3 Å². The fourth-order valence-electron chi connectivity index (χ4n) is 4.24. The van der Waals surface area contributed by atoms with E-state index < -0.39 is 19.1 Å². The van der Waals surface area contributed by atoms with Crippen LogP contribution in [0.2, 0.25) is 0 Å². The number of carbonyl (C=O) groups is 1. The van der Waals surface area contributed by atoms with E-state index in [0.717, 1.165) is 23.0 Å².